The molecule has 0 saturated heterocycles. The predicted octanol–water partition coefficient (Wildman–Crippen LogP) is 4.80. The summed E-state index contributed by atoms with van der Waals surface area (Å²) in [6.07, 6.45) is 0.793. The first kappa shape index (κ1) is 19.2. The van der Waals surface area contributed by atoms with Crippen molar-refractivity contribution in [1.82, 2.24) is 4.98 Å². The van der Waals surface area contributed by atoms with Crippen LogP contribution in [-0.2, 0) is 4.79 Å². The van der Waals surface area contributed by atoms with Crippen LogP contribution in [0.2, 0.25) is 0 Å². The Morgan fingerprint density at radius 1 is 1.36 bits per heavy atom. The van der Waals surface area contributed by atoms with Gasteiger partial charge in [-0.3, -0.25) is 9.79 Å². The van der Waals surface area contributed by atoms with E-state index in [4.69, 9.17) is 5.11 Å². The molecule has 1 atom stereocenters. The Bertz CT molecular complexity index is 931. The quantitative estimate of drug-likeness (QED) is 0.665. The fourth-order valence-corrected chi connectivity index (χ4v) is 4.93. The molecule has 2 heterocycles. The summed E-state index contributed by atoms with van der Waals surface area (Å²) in [4.78, 5) is 18.9. The number of anilines is 1. The number of thioether (sulfide) groups is 1. The van der Waals surface area contributed by atoms with Crippen LogP contribution in [0, 0.1) is 6.92 Å². The molecule has 1 aliphatic heterocycles. The number of nitrogens with zero attached hydrogens (tertiary/aromatic N) is 1. The number of carboxylic acid groups (broad SMARTS) is 1. The molecule has 1 aliphatic carbocycles. The van der Waals surface area contributed by atoms with E-state index in [0.717, 1.165) is 32.9 Å². The number of fused-ring (bicyclic) bond motifs is 1. The second-order valence-corrected chi connectivity index (χ2v) is 8.74. The summed E-state index contributed by atoms with van der Waals surface area (Å²) < 4.78 is 26.9. The molecular weight excluding hydrogens is 384 g/mol. The predicted molar refractivity (Wildman–Crippen MR) is 109 cm³/mol. The highest BCUT2D eigenvalue weighted by atomic mass is 32.2. The first-order chi connectivity index (χ1) is 13.3. The van der Waals surface area contributed by atoms with Gasteiger partial charge in [0.1, 0.15) is 5.04 Å². The number of aryl methyl sites for hydroxylation is 1. The van der Waals surface area contributed by atoms with Crippen molar-refractivity contribution in [3.05, 3.63) is 29.5 Å². The van der Waals surface area contributed by atoms with E-state index >= 15 is 0 Å². The average Bonchev–Trinajstić information content (AvgIpc) is 3.23. The van der Waals surface area contributed by atoms with Gasteiger partial charge in [0.05, 0.1) is 29.4 Å². The Morgan fingerprint density at radius 2 is 2.11 bits per heavy atom. The number of H-pyrrole nitrogens is 1. The number of halogens is 2. The van der Waals surface area contributed by atoms with Crippen LogP contribution in [0.5, 0.6) is 0 Å². The van der Waals surface area contributed by atoms with Crippen molar-refractivity contribution in [2.24, 2.45) is 4.99 Å². The summed E-state index contributed by atoms with van der Waals surface area (Å²) in [5.41, 5.74) is 3.81. The maximum Gasteiger partial charge on any atom is 0.305 e. The van der Waals surface area contributed by atoms with Crippen molar-refractivity contribution in [2.45, 2.75) is 57.0 Å². The highest BCUT2D eigenvalue weighted by Gasteiger charge is 2.35. The van der Waals surface area contributed by atoms with Crippen LogP contribution in [0.25, 0.3) is 10.9 Å². The Kier molecular flexibility index (Phi) is 5.07. The number of hydrogen-bond acceptors (Lipinski definition) is 4. The smallest absolute Gasteiger partial charge is 0.305 e. The summed E-state index contributed by atoms with van der Waals surface area (Å²) in [6.45, 7) is 2.01. The van der Waals surface area contributed by atoms with Gasteiger partial charge < -0.3 is 15.4 Å². The number of aliphatic imine (C=N–C) groups is 1. The molecule has 2 aliphatic rings. The first-order valence-electron chi connectivity index (χ1n) is 9.49. The minimum atomic E-state index is -2.54. The number of benzene rings is 1. The summed E-state index contributed by atoms with van der Waals surface area (Å²) in [6, 6.07) is 5.97. The van der Waals surface area contributed by atoms with Gasteiger partial charge in [0.15, 0.2) is 0 Å². The number of alkyl halides is 2. The molecule has 1 saturated carbocycles. The van der Waals surface area contributed by atoms with Crippen molar-refractivity contribution < 1.29 is 18.7 Å². The topological polar surface area (TPSA) is 77.5 Å². The highest BCUT2D eigenvalue weighted by molar-refractivity contribution is 8.14. The van der Waals surface area contributed by atoms with Gasteiger partial charge in [0.2, 0.25) is 5.92 Å². The molecule has 0 bridgehead atoms. The zero-order valence-electron chi connectivity index (χ0n) is 15.6. The fourth-order valence-electron chi connectivity index (χ4n) is 3.90. The Hall–Kier alpha value is -2.09. The monoisotopic (exact) mass is 407 g/mol. The lowest BCUT2D eigenvalue weighted by molar-refractivity contribution is -0.137. The number of carboxylic acids is 1. The van der Waals surface area contributed by atoms with Crippen molar-refractivity contribution in [3.8, 4) is 0 Å². The Morgan fingerprint density at radius 3 is 2.82 bits per heavy atom. The van der Waals surface area contributed by atoms with Crippen molar-refractivity contribution in [3.63, 3.8) is 0 Å². The summed E-state index contributed by atoms with van der Waals surface area (Å²) in [5.74, 6) is -2.71. The molecule has 5 nitrogen and oxygen atoms in total. The summed E-state index contributed by atoms with van der Waals surface area (Å²) in [5, 5.41) is 14.3. The van der Waals surface area contributed by atoms with Crippen LogP contribution in [0.4, 0.5) is 14.5 Å². The van der Waals surface area contributed by atoms with Gasteiger partial charge in [-0.1, -0.05) is 0 Å². The Balaban J connectivity index is 1.58. The molecule has 150 valence electrons. The van der Waals surface area contributed by atoms with E-state index in [9.17, 15) is 13.6 Å². The maximum atomic E-state index is 13.4. The minimum Gasteiger partial charge on any atom is -0.481 e. The molecule has 28 heavy (non-hydrogen) atoms. The molecule has 0 amide bonds. The van der Waals surface area contributed by atoms with E-state index in [-0.39, 0.29) is 31.3 Å². The van der Waals surface area contributed by atoms with Crippen molar-refractivity contribution in [2.75, 3.05) is 11.1 Å². The van der Waals surface area contributed by atoms with E-state index in [1.54, 1.807) is 11.8 Å². The van der Waals surface area contributed by atoms with Gasteiger partial charge in [-0.05, 0) is 43.5 Å². The molecule has 0 radical (unpaired) electrons. The zero-order valence-corrected chi connectivity index (χ0v) is 16.4. The molecule has 1 aromatic carbocycles. The van der Waals surface area contributed by atoms with E-state index in [1.165, 1.54) is 0 Å². The van der Waals surface area contributed by atoms with Crippen LogP contribution < -0.4 is 5.32 Å². The largest absolute Gasteiger partial charge is 0.481 e. The van der Waals surface area contributed by atoms with Gasteiger partial charge in [0, 0.05) is 30.0 Å². The SMILES string of the molecule is Cc1cc(NC2CCC(F)(F)CC2)c2[nH]c(C3=N[C@@H](CC(=O)O)CS3)cc2c1. The van der Waals surface area contributed by atoms with Crippen LogP contribution in [0.15, 0.2) is 23.2 Å². The normalized spacial score (nSPS) is 22.4. The minimum absolute atomic E-state index is 0.0366. The number of hydrogen-bond donors (Lipinski definition) is 3. The second-order valence-electron chi connectivity index (χ2n) is 7.73. The number of aliphatic carboxylic acids is 1. The van der Waals surface area contributed by atoms with Gasteiger partial charge in [0.25, 0.3) is 0 Å². The van der Waals surface area contributed by atoms with Gasteiger partial charge in [-0.25, -0.2) is 8.78 Å². The first-order valence-corrected chi connectivity index (χ1v) is 10.5. The number of carbonyl (C=O) groups is 1. The van der Waals surface area contributed by atoms with Gasteiger partial charge >= 0.3 is 5.97 Å². The van der Waals surface area contributed by atoms with Crippen molar-refractivity contribution >= 4 is 39.4 Å². The van der Waals surface area contributed by atoms with Crippen LogP contribution in [-0.4, -0.2) is 44.9 Å². The lowest BCUT2D eigenvalue weighted by Crippen LogP contribution is -2.32. The highest BCUT2D eigenvalue weighted by Crippen LogP contribution is 2.36. The summed E-state index contributed by atoms with van der Waals surface area (Å²) >= 11 is 1.56. The van der Waals surface area contributed by atoms with E-state index in [2.05, 4.69) is 21.4 Å². The molecule has 3 N–H and O–H groups in total. The average molecular weight is 407 g/mol. The molecule has 0 spiro atoms. The lowest BCUT2D eigenvalue weighted by Gasteiger charge is -2.29. The van der Waals surface area contributed by atoms with E-state index in [0.29, 0.717) is 18.6 Å². The third-order valence-electron chi connectivity index (χ3n) is 5.30. The van der Waals surface area contributed by atoms with Crippen molar-refractivity contribution in [1.29, 1.82) is 0 Å². The van der Waals surface area contributed by atoms with Crippen LogP contribution >= 0.6 is 11.8 Å². The molecule has 1 aromatic heterocycles. The number of aromatic nitrogens is 1. The third kappa shape index (κ3) is 4.16. The van der Waals surface area contributed by atoms with Gasteiger partial charge in [-0.2, -0.15) is 0 Å². The Labute approximate surface area is 166 Å². The van der Waals surface area contributed by atoms with E-state index in [1.807, 2.05) is 19.1 Å². The molecular formula is C20H23F2N3O2S. The van der Waals surface area contributed by atoms with Crippen LogP contribution in [0.1, 0.15) is 43.4 Å². The molecule has 4 rings (SSSR count). The second kappa shape index (κ2) is 7.39. The molecule has 8 heteroatoms. The number of rotatable bonds is 5. The van der Waals surface area contributed by atoms with Crippen LogP contribution in [0.3, 0.4) is 0 Å². The van der Waals surface area contributed by atoms with Gasteiger partial charge in [-0.15, -0.1) is 11.8 Å². The fraction of sp³-hybridized carbons (Fsp3) is 0.500. The molecule has 1 fully saturated rings. The molecule has 2 aromatic rings. The maximum absolute atomic E-state index is 13.4. The number of nitrogens with one attached hydrogen (secondary N) is 2. The number of aromatic amines is 1. The molecule has 0 unspecified atom stereocenters. The summed E-state index contributed by atoms with van der Waals surface area (Å²) in [7, 11) is 0. The zero-order chi connectivity index (χ0) is 19.9. The lowest BCUT2D eigenvalue weighted by atomic mass is 9.92. The third-order valence-corrected chi connectivity index (χ3v) is 6.45. The van der Waals surface area contributed by atoms with E-state index < -0.39 is 11.9 Å². The standard InChI is InChI=1S/C20H23F2N3O2S/c1-11-6-12-8-16(19-24-14(10-28-19)9-17(26)27)25-18(12)15(7-11)23-13-2-4-20(21,22)5-3-13/h6-8,13-14,23,25H,2-5,9-10H2,1H3,(H,26,27)/t14-/m0/s1.